The average molecular weight is 467 g/mol. The highest BCUT2D eigenvalue weighted by atomic mass is 35.5. The molecule has 32 heavy (non-hydrogen) atoms. The highest BCUT2D eigenvalue weighted by molar-refractivity contribution is 8.04. The molecule has 1 aliphatic rings. The van der Waals surface area contributed by atoms with Crippen LogP contribution >= 0.6 is 23.4 Å². The number of carbonyl (C=O) groups excluding carboxylic acids is 2. The quantitative estimate of drug-likeness (QED) is 0.431. The van der Waals surface area contributed by atoms with E-state index in [1.807, 2.05) is 50.2 Å². The van der Waals surface area contributed by atoms with Crippen molar-refractivity contribution in [2.75, 3.05) is 10.2 Å². The number of anilines is 2. The zero-order valence-electron chi connectivity index (χ0n) is 17.5. The lowest BCUT2D eigenvalue weighted by Crippen LogP contribution is -2.32. The zero-order chi connectivity index (χ0) is 22.8. The number of halogens is 2. The van der Waals surface area contributed by atoms with Gasteiger partial charge in [-0.2, -0.15) is 0 Å². The molecule has 0 aliphatic carbocycles. The molecule has 0 unspecified atom stereocenters. The van der Waals surface area contributed by atoms with Crippen molar-refractivity contribution in [2.45, 2.75) is 25.2 Å². The highest BCUT2D eigenvalue weighted by Gasteiger charge is 2.40. The summed E-state index contributed by atoms with van der Waals surface area (Å²) in [5.41, 5.74) is 3.23. The fourth-order valence-electron chi connectivity index (χ4n) is 3.27. The Balaban J connectivity index is 1.73. The van der Waals surface area contributed by atoms with E-state index in [1.54, 1.807) is 12.1 Å². The Morgan fingerprint density at radius 3 is 2.28 bits per heavy atom. The molecule has 0 radical (unpaired) electrons. The largest absolute Gasteiger partial charge is 0.350 e. The molecule has 3 aromatic rings. The van der Waals surface area contributed by atoms with Crippen LogP contribution in [0.5, 0.6) is 0 Å². The first-order valence-corrected chi connectivity index (χ1v) is 11.3. The molecule has 3 aromatic carbocycles. The lowest BCUT2D eigenvalue weighted by Gasteiger charge is -2.16. The Morgan fingerprint density at radius 2 is 1.66 bits per heavy atom. The van der Waals surface area contributed by atoms with Gasteiger partial charge in [-0.05, 0) is 61.4 Å². The normalized spacial score (nSPS) is 13.8. The number of hydrogen-bond donors (Lipinski definition) is 1. The molecular formula is C25H20ClFN2O2S. The SMILES string of the molecule is CCc1ccc(N2C(=O)C(Nc3ccc(F)c(Cl)c3)=C(Sc3ccc(C)cc3)C2=O)cc1. The van der Waals surface area contributed by atoms with E-state index in [4.69, 9.17) is 11.6 Å². The van der Waals surface area contributed by atoms with Gasteiger partial charge >= 0.3 is 0 Å². The third kappa shape index (κ3) is 4.42. The van der Waals surface area contributed by atoms with Gasteiger partial charge in [0.25, 0.3) is 11.8 Å². The van der Waals surface area contributed by atoms with Crippen molar-refractivity contribution >= 4 is 46.6 Å². The molecule has 1 heterocycles. The molecule has 0 spiro atoms. The number of carbonyl (C=O) groups is 2. The lowest BCUT2D eigenvalue weighted by molar-refractivity contribution is -0.120. The van der Waals surface area contributed by atoms with Crippen LogP contribution in [0.15, 0.2) is 82.2 Å². The summed E-state index contributed by atoms with van der Waals surface area (Å²) in [4.78, 5) is 29.0. The Labute approximate surface area is 195 Å². The third-order valence-corrected chi connectivity index (χ3v) is 6.45. The Morgan fingerprint density at radius 1 is 0.969 bits per heavy atom. The van der Waals surface area contributed by atoms with E-state index in [0.29, 0.717) is 11.4 Å². The van der Waals surface area contributed by atoms with Crippen LogP contribution in [0.25, 0.3) is 0 Å². The summed E-state index contributed by atoms with van der Waals surface area (Å²) in [6.45, 7) is 4.01. The lowest BCUT2D eigenvalue weighted by atomic mass is 10.1. The summed E-state index contributed by atoms with van der Waals surface area (Å²) in [6.07, 6.45) is 0.854. The molecule has 4 rings (SSSR count). The zero-order valence-corrected chi connectivity index (χ0v) is 19.1. The van der Waals surface area contributed by atoms with Gasteiger partial charge in [0.15, 0.2) is 0 Å². The highest BCUT2D eigenvalue weighted by Crippen LogP contribution is 2.38. The van der Waals surface area contributed by atoms with Gasteiger partial charge in [0, 0.05) is 10.6 Å². The van der Waals surface area contributed by atoms with E-state index in [2.05, 4.69) is 5.32 Å². The van der Waals surface area contributed by atoms with Gasteiger partial charge in [-0.1, -0.05) is 60.1 Å². The Kier molecular flexibility index (Phi) is 6.35. The number of benzene rings is 3. The Hall–Kier alpha value is -3.09. The monoisotopic (exact) mass is 466 g/mol. The second-order valence-electron chi connectivity index (χ2n) is 7.34. The number of nitrogens with zero attached hydrogens (tertiary/aromatic N) is 1. The van der Waals surface area contributed by atoms with E-state index in [0.717, 1.165) is 27.3 Å². The van der Waals surface area contributed by atoms with E-state index < -0.39 is 17.6 Å². The molecule has 0 aromatic heterocycles. The first kappa shape index (κ1) is 22.1. The van der Waals surface area contributed by atoms with Gasteiger partial charge in [0.1, 0.15) is 16.4 Å². The number of imide groups is 1. The summed E-state index contributed by atoms with van der Waals surface area (Å²) in [5.74, 6) is -1.46. The van der Waals surface area contributed by atoms with Gasteiger partial charge in [0.05, 0.1) is 10.7 Å². The fraction of sp³-hybridized carbons (Fsp3) is 0.120. The van der Waals surface area contributed by atoms with E-state index in [-0.39, 0.29) is 15.6 Å². The minimum atomic E-state index is -0.563. The first-order valence-electron chi connectivity index (χ1n) is 10.1. The molecule has 0 fully saturated rings. The first-order chi connectivity index (χ1) is 15.4. The molecule has 0 saturated carbocycles. The van der Waals surface area contributed by atoms with Crippen molar-refractivity contribution in [3.05, 3.63) is 99.3 Å². The maximum atomic E-state index is 13.6. The molecule has 1 N–H and O–H groups in total. The van der Waals surface area contributed by atoms with Crippen LogP contribution in [0.3, 0.4) is 0 Å². The average Bonchev–Trinajstić information content (AvgIpc) is 3.01. The van der Waals surface area contributed by atoms with Gasteiger partial charge in [-0.25, -0.2) is 9.29 Å². The van der Waals surface area contributed by atoms with E-state index >= 15 is 0 Å². The standard InChI is InChI=1S/C25H20ClFN2O2S/c1-3-16-6-9-18(10-7-16)29-24(30)22(28-17-8-13-21(27)20(26)14-17)23(25(29)31)32-19-11-4-15(2)5-12-19/h4-14,28H,3H2,1-2H3. The summed E-state index contributed by atoms with van der Waals surface area (Å²) in [7, 11) is 0. The van der Waals surface area contributed by atoms with Crippen LogP contribution in [0.4, 0.5) is 15.8 Å². The third-order valence-electron chi connectivity index (χ3n) is 5.07. The van der Waals surface area contributed by atoms with Crippen molar-refractivity contribution < 1.29 is 14.0 Å². The molecule has 0 bridgehead atoms. The molecule has 0 saturated heterocycles. The van der Waals surface area contributed by atoms with Crippen molar-refractivity contribution in [3.8, 4) is 0 Å². The second-order valence-corrected chi connectivity index (χ2v) is 8.83. The number of nitrogens with one attached hydrogen (secondary N) is 1. The maximum Gasteiger partial charge on any atom is 0.283 e. The smallest absolute Gasteiger partial charge is 0.283 e. The molecule has 0 atom stereocenters. The van der Waals surface area contributed by atoms with Crippen LogP contribution in [0.2, 0.25) is 5.02 Å². The summed E-state index contributed by atoms with van der Waals surface area (Å²) in [5, 5.41) is 2.91. The minimum absolute atomic E-state index is 0.0767. The van der Waals surface area contributed by atoms with Crippen molar-refractivity contribution in [3.63, 3.8) is 0 Å². The summed E-state index contributed by atoms with van der Waals surface area (Å²) in [6, 6.07) is 19.1. The molecule has 4 nitrogen and oxygen atoms in total. The number of amides is 2. The molecule has 1 aliphatic heterocycles. The van der Waals surface area contributed by atoms with Gasteiger partial charge in [-0.15, -0.1) is 0 Å². The number of aryl methyl sites for hydroxylation is 2. The predicted octanol–water partition coefficient (Wildman–Crippen LogP) is 6.34. The van der Waals surface area contributed by atoms with E-state index in [9.17, 15) is 14.0 Å². The number of hydrogen-bond acceptors (Lipinski definition) is 4. The summed E-state index contributed by atoms with van der Waals surface area (Å²) < 4.78 is 13.6. The van der Waals surface area contributed by atoms with Crippen LogP contribution in [-0.2, 0) is 16.0 Å². The topological polar surface area (TPSA) is 49.4 Å². The van der Waals surface area contributed by atoms with Gasteiger partial charge in [-0.3, -0.25) is 9.59 Å². The minimum Gasteiger partial charge on any atom is -0.350 e. The molecule has 2 amide bonds. The van der Waals surface area contributed by atoms with Crippen LogP contribution in [0.1, 0.15) is 18.1 Å². The van der Waals surface area contributed by atoms with Crippen molar-refractivity contribution in [1.82, 2.24) is 0 Å². The molecule has 7 heteroatoms. The van der Waals surface area contributed by atoms with Crippen molar-refractivity contribution in [1.29, 1.82) is 0 Å². The molecular weight excluding hydrogens is 447 g/mol. The van der Waals surface area contributed by atoms with E-state index in [1.165, 1.54) is 30.0 Å². The Bertz CT molecular complexity index is 1220. The summed E-state index contributed by atoms with van der Waals surface area (Å²) >= 11 is 7.11. The molecule has 162 valence electrons. The maximum absolute atomic E-state index is 13.6. The van der Waals surface area contributed by atoms with Crippen molar-refractivity contribution in [2.24, 2.45) is 0 Å². The van der Waals surface area contributed by atoms with Gasteiger partial charge in [0.2, 0.25) is 0 Å². The van der Waals surface area contributed by atoms with Gasteiger partial charge < -0.3 is 5.32 Å². The van der Waals surface area contributed by atoms with Crippen LogP contribution in [-0.4, -0.2) is 11.8 Å². The number of thioether (sulfide) groups is 1. The fourth-order valence-corrected chi connectivity index (χ4v) is 4.38. The number of rotatable bonds is 6. The second kappa shape index (κ2) is 9.18. The predicted molar refractivity (Wildman–Crippen MR) is 127 cm³/mol. The van der Waals surface area contributed by atoms with Crippen LogP contribution in [0, 0.1) is 12.7 Å². The van der Waals surface area contributed by atoms with Crippen LogP contribution < -0.4 is 10.2 Å².